The number of nitrogens with one attached hydrogen (secondary N) is 2. The quantitative estimate of drug-likeness (QED) is 0.556. The van der Waals surface area contributed by atoms with E-state index in [1.165, 1.54) is 23.8 Å². The van der Waals surface area contributed by atoms with Gasteiger partial charge in [0, 0.05) is 6.04 Å². The van der Waals surface area contributed by atoms with Crippen LogP contribution in [0.1, 0.15) is 33.1 Å². The lowest BCUT2D eigenvalue weighted by molar-refractivity contribution is 0.378. The number of nitrogens with zero attached hydrogens (tertiary/aromatic N) is 6. The van der Waals surface area contributed by atoms with Gasteiger partial charge in [-0.2, -0.15) is 24.7 Å². The van der Waals surface area contributed by atoms with E-state index in [4.69, 9.17) is 5.84 Å². The minimum atomic E-state index is 0.287. The third-order valence-corrected chi connectivity index (χ3v) is 3.68. The molecule has 2 aromatic rings. The van der Waals surface area contributed by atoms with Gasteiger partial charge in [0.25, 0.3) is 5.95 Å². The van der Waals surface area contributed by atoms with Crippen LogP contribution in [0.5, 0.6) is 0 Å². The lowest BCUT2D eigenvalue weighted by atomic mass is 9.92. The number of hydrogen-bond donors (Lipinski definition) is 3. The summed E-state index contributed by atoms with van der Waals surface area (Å²) in [6.45, 7) is 4.55. The van der Waals surface area contributed by atoms with Crippen molar-refractivity contribution in [2.45, 2.75) is 39.2 Å². The summed E-state index contributed by atoms with van der Waals surface area (Å²) < 4.78 is 1.46. The van der Waals surface area contributed by atoms with Crippen molar-refractivity contribution < 1.29 is 0 Å². The molecular weight excluding hydrogens is 270 g/mol. The monoisotopic (exact) mass is 289 g/mol. The Hall–Kier alpha value is -2.29. The summed E-state index contributed by atoms with van der Waals surface area (Å²) in [5.41, 5.74) is 2.80. The highest BCUT2D eigenvalue weighted by molar-refractivity contribution is 5.37. The molecule has 9 heteroatoms. The molecule has 0 aliphatic heterocycles. The molecule has 3 rings (SSSR count). The number of anilines is 2. The van der Waals surface area contributed by atoms with Crippen molar-refractivity contribution in [2.75, 3.05) is 10.7 Å². The van der Waals surface area contributed by atoms with Crippen molar-refractivity contribution in [3.63, 3.8) is 0 Å². The van der Waals surface area contributed by atoms with Gasteiger partial charge in [0.05, 0.1) is 0 Å². The Balaban J connectivity index is 1.83. The molecule has 0 spiro atoms. The molecule has 112 valence electrons. The molecule has 0 bridgehead atoms. The van der Waals surface area contributed by atoms with Gasteiger partial charge in [-0.1, -0.05) is 13.8 Å². The number of hydrazine groups is 1. The third-order valence-electron chi connectivity index (χ3n) is 3.68. The Morgan fingerprint density at radius 1 is 1.29 bits per heavy atom. The molecule has 1 aliphatic carbocycles. The molecule has 0 saturated heterocycles. The number of hydrogen-bond acceptors (Lipinski definition) is 8. The van der Waals surface area contributed by atoms with Crippen LogP contribution in [0.15, 0.2) is 12.7 Å². The second kappa shape index (κ2) is 5.24. The van der Waals surface area contributed by atoms with E-state index in [0.29, 0.717) is 23.4 Å². The minimum Gasteiger partial charge on any atom is -0.351 e. The maximum atomic E-state index is 5.42. The van der Waals surface area contributed by atoms with E-state index in [9.17, 15) is 0 Å². The van der Waals surface area contributed by atoms with Gasteiger partial charge in [0.2, 0.25) is 11.9 Å². The van der Waals surface area contributed by atoms with Crippen LogP contribution in [-0.4, -0.2) is 35.8 Å². The van der Waals surface area contributed by atoms with E-state index in [1.807, 2.05) is 0 Å². The zero-order valence-electron chi connectivity index (χ0n) is 12.1. The van der Waals surface area contributed by atoms with Gasteiger partial charge in [-0.15, -0.1) is 0 Å². The summed E-state index contributed by atoms with van der Waals surface area (Å²) in [5, 5.41) is 7.37. The molecule has 4 N–H and O–H groups in total. The van der Waals surface area contributed by atoms with Crippen LogP contribution in [0.4, 0.5) is 11.9 Å². The maximum Gasteiger partial charge on any atom is 0.258 e. The molecule has 1 atom stereocenters. The van der Waals surface area contributed by atoms with Crippen molar-refractivity contribution >= 4 is 11.9 Å². The summed E-state index contributed by atoms with van der Waals surface area (Å²) in [5.74, 6) is 6.57. The highest BCUT2D eigenvalue weighted by Gasteiger charge is 2.31. The summed E-state index contributed by atoms with van der Waals surface area (Å²) in [6, 6.07) is 0.358. The highest BCUT2D eigenvalue weighted by Crippen LogP contribution is 2.37. The first-order chi connectivity index (χ1) is 10.1. The van der Waals surface area contributed by atoms with Gasteiger partial charge in [-0.05, 0) is 24.7 Å². The molecule has 0 aromatic carbocycles. The number of rotatable bonds is 4. The molecule has 1 saturated carbocycles. The van der Waals surface area contributed by atoms with Crippen molar-refractivity contribution in [1.82, 2.24) is 29.7 Å². The largest absolute Gasteiger partial charge is 0.351 e. The van der Waals surface area contributed by atoms with Gasteiger partial charge < -0.3 is 5.32 Å². The van der Waals surface area contributed by atoms with Crippen LogP contribution in [-0.2, 0) is 0 Å². The lowest BCUT2D eigenvalue weighted by Crippen LogP contribution is -2.21. The predicted octanol–water partition coefficient (Wildman–Crippen LogP) is 0.728. The molecule has 2 aromatic heterocycles. The first-order valence-electron chi connectivity index (χ1n) is 6.90. The van der Waals surface area contributed by atoms with Crippen LogP contribution in [0.3, 0.4) is 0 Å². The fraction of sp³-hybridized carbons (Fsp3) is 0.583. The topological polar surface area (TPSA) is 119 Å². The SMILES string of the molecule is CC1(C)CCC(Nc2nc(NN)nc(-n3cncn3)n2)C1. The van der Waals surface area contributed by atoms with Crippen molar-refractivity contribution in [3.8, 4) is 5.95 Å². The standard InChI is InChI=1S/C12H19N9/c1-12(2)4-3-8(5-12)16-9-17-10(20-13)19-11(18-9)21-7-14-6-15-21/h6-8H,3-5,13H2,1-2H3,(H2,16,17,18,19,20). The fourth-order valence-electron chi connectivity index (χ4n) is 2.65. The van der Waals surface area contributed by atoms with Crippen LogP contribution >= 0.6 is 0 Å². The molecule has 1 aliphatic rings. The van der Waals surface area contributed by atoms with Crippen LogP contribution < -0.4 is 16.6 Å². The van der Waals surface area contributed by atoms with Gasteiger partial charge in [0.1, 0.15) is 12.7 Å². The third kappa shape index (κ3) is 3.07. The number of aromatic nitrogens is 6. The van der Waals surface area contributed by atoms with Gasteiger partial charge in [-0.3, -0.25) is 5.43 Å². The zero-order valence-corrected chi connectivity index (χ0v) is 12.1. The van der Waals surface area contributed by atoms with E-state index >= 15 is 0 Å². The van der Waals surface area contributed by atoms with Crippen LogP contribution in [0, 0.1) is 5.41 Å². The molecule has 0 radical (unpaired) electrons. The molecule has 1 fully saturated rings. The van der Waals surface area contributed by atoms with Crippen LogP contribution in [0.2, 0.25) is 0 Å². The van der Waals surface area contributed by atoms with E-state index in [1.54, 1.807) is 0 Å². The average Bonchev–Trinajstić information content (AvgIpc) is 3.08. The van der Waals surface area contributed by atoms with Crippen molar-refractivity contribution in [2.24, 2.45) is 11.3 Å². The fourth-order valence-corrected chi connectivity index (χ4v) is 2.65. The van der Waals surface area contributed by atoms with Gasteiger partial charge >= 0.3 is 0 Å². The minimum absolute atomic E-state index is 0.287. The maximum absolute atomic E-state index is 5.42. The highest BCUT2D eigenvalue weighted by atomic mass is 15.4. The Morgan fingerprint density at radius 2 is 2.10 bits per heavy atom. The average molecular weight is 289 g/mol. The first-order valence-corrected chi connectivity index (χ1v) is 6.90. The smallest absolute Gasteiger partial charge is 0.258 e. The van der Waals surface area contributed by atoms with Gasteiger partial charge in [-0.25, -0.2) is 10.8 Å². The van der Waals surface area contributed by atoms with E-state index < -0.39 is 0 Å². The zero-order chi connectivity index (χ0) is 14.9. The van der Waals surface area contributed by atoms with Crippen molar-refractivity contribution in [3.05, 3.63) is 12.7 Å². The number of nitrogens with two attached hydrogens (primary N) is 1. The normalized spacial score (nSPS) is 20.4. The predicted molar refractivity (Wildman–Crippen MR) is 77.6 cm³/mol. The summed E-state index contributed by atoms with van der Waals surface area (Å²) in [6.07, 6.45) is 6.32. The molecule has 0 amide bonds. The molecule has 9 nitrogen and oxygen atoms in total. The van der Waals surface area contributed by atoms with Crippen molar-refractivity contribution in [1.29, 1.82) is 0 Å². The summed E-state index contributed by atoms with van der Waals surface area (Å²) >= 11 is 0. The molecule has 2 heterocycles. The lowest BCUT2D eigenvalue weighted by Gasteiger charge is -2.18. The van der Waals surface area contributed by atoms with Gasteiger partial charge in [0.15, 0.2) is 0 Å². The second-order valence-electron chi connectivity index (χ2n) is 6.02. The Labute approximate surface area is 122 Å². The molecular formula is C12H19N9. The Morgan fingerprint density at radius 3 is 2.71 bits per heavy atom. The summed E-state index contributed by atoms with van der Waals surface area (Å²) in [4.78, 5) is 16.7. The Kier molecular flexibility index (Phi) is 3.42. The Bertz CT molecular complexity index is 607. The first kappa shape index (κ1) is 13.7. The number of nitrogen functional groups attached to an aromatic ring is 1. The molecule has 1 unspecified atom stereocenters. The van der Waals surface area contributed by atoms with Crippen LogP contribution in [0.25, 0.3) is 5.95 Å². The van der Waals surface area contributed by atoms with E-state index in [2.05, 4.69) is 49.6 Å². The van der Waals surface area contributed by atoms with E-state index in [0.717, 1.165) is 12.8 Å². The molecule has 21 heavy (non-hydrogen) atoms. The second-order valence-corrected chi connectivity index (χ2v) is 6.02. The summed E-state index contributed by atoms with van der Waals surface area (Å²) in [7, 11) is 0. The van der Waals surface area contributed by atoms with E-state index in [-0.39, 0.29) is 5.95 Å².